The fraction of sp³-hybridized carbons (Fsp3) is 0.455. The minimum absolute atomic E-state index is 0.0488. The van der Waals surface area contributed by atoms with E-state index >= 15 is 0 Å². The maximum atomic E-state index is 12.8. The summed E-state index contributed by atoms with van der Waals surface area (Å²) in [6, 6.07) is 12.6. The number of rotatable bonds is 10. The van der Waals surface area contributed by atoms with Crippen molar-refractivity contribution in [2.45, 2.75) is 39.2 Å². The normalized spacial score (nSPS) is 14.3. The zero-order valence-electron chi connectivity index (χ0n) is 17.5. The number of nitrogens with one attached hydrogen (secondary N) is 1. The molecular formula is C22H30N2O6. The SMILES string of the molecule is CCO[C@H](NC(=O)N(CC(C)C)CC(O)C(=O)O)C(O)c1ccc2ccccc2c1. The number of nitrogens with zero attached hydrogens (tertiary/aromatic N) is 1. The zero-order chi connectivity index (χ0) is 22.3. The van der Waals surface area contributed by atoms with Crippen LogP contribution in [0.2, 0.25) is 0 Å². The molecule has 2 rings (SSSR count). The lowest BCUT2D eigenvalue weighted by Gasteiger charge is -2.30. The van der Waals surface area contributed by atoms with Crippen molar-refractivity contribution in [1.82, 2.24) is 10.2 Å². The summed E-state index contributed by atoms with van der Waals surface area (Å²) in [5, 5.41) is 34.1. The summed E-state index contributed by atoms with van der Waals surface area (Å²) < 4.78 is 5.56. The van der Waals surface area contributed by atoms with Crippen LogP contribution in [0.3, 0.4) is 0 Å². The highest BCUT2D eigenvalue weighted by atomic mass is 16.5. The van der Waals surface area contributed by atoms with Gasteiger partial charge < -0.3 is 30.3 Å². The second-order valence-electron chi connectivity index (χ2n) is 7.53. The van der Waals surface area contributed by atoms with Gasteiger partial charge in [0, 0.05) is 13.2 Å². The Balaban J connectivity index is 2.19. The molecule has 0 aliphatic carbocycles. The van der Waals surface area contributed by atoms with Crippen LogP contribution < -0.4 is 5.32 Å². The van der Waals surface area contributed by atoms with Crippen molar-refractivity contribution in [3.05, 3.63) is 48.0 Å². The van der Waals surface area contributed by atoms with Crippen LogP contribution in [-0.4, -0.2) is 64.2 Å². The van der Waals surface area contributed by atoms with Gasteiger partial charge in [-0.1, -0.05) is 50.2 Å². The number of ether oxygens (including phenoxy) is 1. The van der Waals surface area contributed by atoms with E-state index in [0.717, 1.165) is 10.8 Å². The van der Waals surface area contributed by atoms with Crippen LogP contribution in [0.4, 0.5) is 4.79 Å². The number of carbonyl (C=O) groups is 2. The van der Waals surface area contributed by atoms with Crippen molar-refractivity contribution in [2.75, 3.05) is 19.7 Å². The number of carboxylic acid groups (broad SMARTS) is 1. The van der Waals surface area contributed by atoms with E-state index in [1.54, 1.807) is 13.0 Å². The highest BCUT2D eigenvalue weighted by Crippen LogP contribution is 2.23. The maximum absolute atomic E-state index is 12.8. The number of fused-ring (bicyclic) bond motifs is 1. The van der Waals surface area contributed by atoms with E-state index < -0.39 is 30.4 Å². The summed E-state index contributed by atoms with van der Waals surface area (Å²) in [6.45, 7) is 5.60. The molecule has 0 saturated carbocycles. The van der Waals surface area contributed by atoms with Crippen LogP contribution in [0.1, 0.15) is 32.4 Å². The summed E-state index contributed by atoms with van der Waals surface area (Å²) in [6.07, 6.45) is -3.88. The molecule has 2 amide bonds. The molecule has 0 fully saturated rings. The van der Waals surface area contributed by atoms with Crippen molar-refractivity contribution in [3.8, 4) is 0 Å². The number of hydrogen-bond donors (Lipinski definition) is 4. The van der Waals surface area contributed by atoms with Gasteiger partial charge in [0.2, 0.25) is 0 Å². The largest absolute Gasteiger partial charge is 0.479 e. The van der Waals surface area contributed by atoms with Gasteiger partial charge >= 0.3 is 12.0 Å². The Hall–Kier alpha value is -2.68. The van der Waals surface area contributed by atoms with E-state index in [2.05, 4.69) is 5.32 Å². The molecule has 2 aromatic rings. The van der Waals surface area contributed by atoms with Crippen LogP contribution in [0.15, 0.2) is 42.5 Å². The first-order valence-electron chi connectivity index (χ1n) is 9.97. The third kappa shape index (κ3) is 6.41. The van der Waals surface area contributed by atoms with E-state index in [-0.39, 0.29) is 25.6 Å². The fourth-order valence-corrected chi connectivity index (χ4v) is 3.14. The smallest absolute Gasteiger partial charge is 0.334 e. The second kappa shape index (κ2) is 10.9. The van der Waals surface area contributed by atoms with E-state index in [4.69, 9.17) is 9.84 Å². The number of carbonyl (C=O) groups excluding carboxylic acids is 1. The number of hydrogen-bond acceptors (Lipinski definition) is 5. The topological polar surface area (TPSA) is 119 Å². The van der Waals surface area contributed by atoms with E-state index in [1.807, 2.05) is 50.2 Å². The first-order chi connectivity index (χ1) is 14.2. The second-order valence-corrected chi connectivity index (χ2v) is 7.53. The third-order valence-corrected chi connectivity index (χ3v) is 4.56. The Labute approximate surface area is 176 Å². The number of aliphatic hydroxyl groups is 2. The number of urea groups is 1. The molecule has 0 bridgehead atoms. The molecule has 3 atom stereocenters. The minimum atomic E-state index is -1.70. The molecule has 0 aliphatic heterocycles. The van der Waals surface area contributed by atoms with Crippen LogP contribution in [0.5, 0.6) is 0 Å². The number of benzene rings is 2. The molecule has 0 radical (unpaired) electrons. The molecule has 164 valence electrons. The van der Waals surface area contributed by atoms with Crippen LogP contribution in [-0.2, 0) is 9.53 Å². The Morgan fingerprint density at radius 1 is 1.07 bits per heavy atom. The Bertz CT molecular complexity index is 856. The Morgan fingerprint density at radius 2 is 1.73 bits per heavy atom. The molecule has 8 heteroatoms. The van der Waals surface area contributed by atoms with Gasteiger partial charge in [0.1, 0.15) is 6.10 Å². The summed E-state index contributed by atoms with van der Waals surface area (Å²) >= 11 is 0. The van der Waals surface area contributed by atoms with Crippen molar-refractivity contribution in [1.29, 1.82) is 0 Å². The Kier molecular flexibility index (Phi) is 8.58. The summed E-state index contributed by atoms with van der Waals surface area (Å²) in [7, 11) is 0. The number of carboxylic acids is 1. The lowest BCUT2D eigenvalue weighted by atomic mass is 10.0. The fourth-order valence-electron chi connectivity index (χ4n) is 3.14. The van der Waals surface area contributed by atoms with Gasteiger partial charge in [-0.2, -0.15) is 0 Å². The summed E-state index contributed by atoms with van der Waals surface area (Å²) in [5.41, 5.74) is 0.577. The zero-order valence-corrected chi connectivity index (χ0v) is 17.5. The first kappa shape index (κ1) is 23.6. The van der Waals surface area contributed by atoms with Gasteiger partial charge in [0.25, 0.3) is 0 Å². The van der Waals surface area contributed by atoms with Crippen LogP contribution in [0.25, 0.3) is 10.8 Å². The summed E-state index contributed by atoms with van der Waals surface area (Å²) in [5.74, 6) is -1.36. The molecule has 0 spiro atoms. The van der Waals surface area contributed by atoms with Crippen molar-refractivity contribution >= 4 is 22.8 Å². The van der Waals surface area contributed by atoms with Gasteiger partial charge in [-0.25, -0.2) is 9.59 Å². The molecule has 2 aromatic carbocycles. The minimum Gasteiger partial charge on any atom is -0.479 e. The highest BCUT2D eigenvalue weighted by Gasteiger charge is 2.28. The lowest BCUT2D eigenvalue weighted by Crippen LogP contribution is -2.51. The molecule has 2 unspecified atom stereocenters. The molecule has 4 N–H and O–H groups in total. The van der Waals surface area contributed by atoms with Gasteiger partial charge in [-0.05, 0) is 35.2 Å². The number of aliphatic hydroxyl groups excluding tert-OH is 2. The number of amides is 2. The molecular weight excluding hydrogens is 388 g/mol. The molecule has 0 aromatic heterocycles. The predicted octanol–water partition coefficient (Wildman–Crippen LogP) is 2.35. The van der Waals surface area contributed by atoms with E-state index in [9.17, 15) is 19.8 Å². The van der Waals surface area contributed by atoms with E-state index in [0.29, 0.717) is 5.56 Å². The quantitative estimate of drug-likeness (QED) is 0.440. The lowest BCUT2D eigenvalue weighted by molar-refractivity contribution is -0.147. The molecule has 30 heavy (non-hydrogen) atoms. The predicted molar refractivity (Wildman–Crippen MR) is 113 cm³/mol. The third-order valence-electron chi connectivity index (χ3n) is 4.56. The van der Waals surface area contributed by atoms with Gasteiger partial charge in [-0.15, -0.1) is 0 Å². The van der Waals surface area contributed by atoms with Gasteiger partial charge in [0.15, 0.2) is 12.3 Å². The molecule has 0 aliphatic rings. The number of aliphatic carboxylic acids is 1. The van der Waals surface area contributed by atoms with E-state index in [1.165, 1.54) is 4.90 Å². The monoisotopic (exact) mass is 418 g/mol. The van der Waals surface area contributed by atoms with Crippen molar-refractivity contribution in [3.63, 3.8) is 0 Å². The molecule has 0 heterocycles. The standard InChI is InChI=1S/C22H30N2O6/c1-4-30-20(19(26)17-10-9-15-7-5-6-8-16(15)11-17)23-22(29)24(12-14(2)3)13-18(25)21(27)28/h5-11,14,18-20,25-26H,4,12-13H2,1-3H3,(H,23,29)(H,27,28)/t18?,19?,20-/m0/s1. The highest BCUT2D eigenvalue weighted by molar-refractivity contribution is 5.83. The molecule has 8 nitrogen and oxygen atoms in total. The first-order valence-corrected chi connectivity index (χ1v) is 9.97. The average molecular weight is 418 g/mol. The Morgan fingerprint density at radius 3 is 2.33 bits per heavy atom. The van der Waals surface area contributed by atoms with Crippen molar-refractivity contribution < 1.29 is 29.6 Å². The average Bonchev–Trinajstić information content (AvgIpc) is 2.71. The summed E-state index contributed by atoms with van der Waals surface area (Å²) in [4.78, 5) is 25.0. The van der Waals surface area contributed by atoms with Crippen LogP contribution >= 0.6 is 0 Å². The van der Waals surface area contributed by atoms with Gasteiger partial charge in [-0.3, -0.25) is 0 Å². The van der Waals surface area contributed by atoms with Gasteiger partial charge in [0.05, 0.1) is 6.54 Å². The maximum Gasteiger partial charge on any atom is 0.334 e. The molecule has 0 saturated heterocycles. The van der Waals surface area contributed by atoms with Crippen molar-refractivity contribution in [2.24, 2.45) is 5.92 Å². The van der Waals surface area contributed by atoms with Crippen LogP contribution in [0, 0.1) is 5.92 Å².